The summed E-state index contributed by atoms with van der Waals surface area (Å²) < 4.78 is 1.04. The maximum absolute atomic E-state index is 2.48. The molecule has 0 aliphatic carbocycles. The van der Waals surface area contributed by atoms with E-state index in [9.17, 15) is 0 Å². The first-order chi connectivity index (χ1) is 10.3. The van der Waals surface area contributed by atoms with E-state index in [0.29, 0.717) is 0 Å². The van der Waals surface area contributed by atoms with Gasteiger partial charge in [-0.05, 0) is 50.4 Å². The minimum Gasteiger partial charge on any atom is -0.0811 e. The third-order valence-corrected chi connectivity index (χ3v) is 5.18. The molecule has 0 fully saturated rings. The summed E-state index contributed by atoms with van der Waals surface area (Å²) in [5.74, 6) is 0. The fourth-order valence-corrected chi connectivity index (χ4v) is 4.25. The van der Waals surface area contributed by atoms with Crippen molar-refractivity contribution in [2.24, 2.45) is 0 Å². The molecule has 0 saturated carbocycles. The first-order valence-corrected chi connectivity index (χ1v) is 8.71. The van der Waals surface area contributed by atoms with Gasteiger partial charge in [0.2, 0.25) is 0 Å². The van der Waals surface area contributed by atoms with Gasteiger partial charge in [0.05, 0.1) is 0 Å². The Balaban J connectivity index is 2.37. The second-order valence-electron chi connectivity index (χ2n) is 5.49. The smallest absolute Gasteiger partial charge is 0.0259 e. The van der Waals surface area contributed by atoms with E-state index in [2.05, 4.69) is 90.2 Å². The molecule has 0 aliphatic rings. The molecular weight excluding hydrogens is 367 g/mol. The molecule has 0 unspecified atom stereocenters. The number of hydrogen-bond donors (Lipinski definition) is 0. The molecule has 0 aromatic heterocycles. The van der Waals surface area contributed by atoms with Crippen LogP contribution in [0.2, 0.25) is 0 Å². The molecule has 4 aromatic carbocycles. The van der Waals surface area contributed by atoms with E-state index in [4.69, 9.17) is 0 Å². The highest BCUT2D eigenvalue weighted by atomic mass is 127. The molecular formula is C20H15I. The molecule has 0 N–H and O–H groups in total. The van der Waals surface area contributed by atoms with Crippen molar-refractivity contribution in [2.75, 3.05) is 0 Å². The topological polar surface area (TPSA) is 0 Å². The molecule has 0 saturated heterocycles. The number of rotatable bonds is 1. The molecule has 0 bridgehead atoms. The lowest BCUT2D eigenvalue weighted by atomic mass is 9.90. The Labute approximate surface area is 137 Å². The van der Waals surface area contributed by atoms with Crippen LogP contribution >= 0.6 is 22.6 Å². The van der Waals surface area contributed by atoms with Gasteiger partial charge in [0, 0.05) is 4.43 Å². The van der Waals surface area contributed by atoms with Crippen molar-refractivity contribution in [1.29, 1.82) is 0 Å². The highest BCUT2D eigenvalue weighted by molar-refractivity contribution is 14.1. The van der Waals surface area contributed by atoms with Gasteiger partial charge in [-0.25, -0.2) is 0 Å². The normalized spacial score (nSPS) is 11.5. The first-order valence-electron chi connectivity index (χ1n) is 7.19. The molecule has 0 aliphatic heterocycles. The van der Waals surface area contributed by atoms with Gasteiger partial charge in [0.25, 0.3) is 0 Å². The van der Waals surface area contributed by atoms with Crippen LogP contribution in [0.3, 0.4) is 0 Å². The number of aryl methyl sites for hydroxylation is 1. The van der Waals surface area contributed by atoms with Crippen molar-refractivity contribution in [3.8, 4) is 0 Å². The molecule has 0 amide bonds. The summed E-state index contributed by atoms with van der Waals surface area (Å²) in [6.07, 6.45) is 0. The maximum atomic E-state index is 2.48. The van der Waals surface area contributed by atoms with Gasteiger partial charge in [-0.15, -0.1) is 0 Å². The number of hydrogen-bond acceptors (Lipinski definition) is 0. The zero-order valence-corrected chi connectivity index (χ0v) is 14.0. The average molecular weight is 382 g/mol. The lowest BCUT2D eigenvalue weighted by molar-refractivity contribution is 1.52. The van der Waals surface area contributed by atoms with Crippen molar-refractivity contribution in [3.05, 3.63) is 71.8 Å². The maximum Gasteiger partial charge on any atom is 0.0259 e. The minimum absolute atomic E-state index is 1.04. The zero-order valence-electron chi connectivity index (χ0n) is 11.9. The molecule has 1 heteroatoms. The monoisotopic (exact) mass is 382 g/mol. The summed E-state index contributed by atoms with van der Waals surface area (Å²) in [6.45, 7) is 2.26. The van der Waals surface area contributed by atoms with Crippen LogP contribution in [0.4, 0.5) is 0 Å². The van der Waals surface area contributed by atoms with Crippen molar-refractivity contribution >= 4 is 54.9 Å². The quantitative estimate of drug-likeness (QED) is 0.155. The van der Waals surface area contributed by atoms with E-state index in [-0.39, 0.29) is 0 Å². The summed E-state index contributed by atoms with van der Waals surface area (Å²) in [7, 11) is 0. The van der Waals surface area contributed by atoms with Crippen LogP contribution in [0.5, 0.6) is 0 Å². The van der Waals surface area contributed by atoms with Gasteiger partial charge in [-0.2, -0.15) is 0 Å². The third-order valence-electron chi connectivity index (χ3n) is 4.42. The lowest BCUT2D eigenvalue weighted by Crippen LogP contribution is -1.91. The van der Waals surface area contributed by atoms with Crippen molar-refractivity contribution in [3.63, 3.8) is 0 Å². The van der Waals surface area contributed by atoms with Crippen LogP contribution in [-0.2, 0) is 4.43 Å². The number of halogens is 1. The van der Waals surface area contributed by atoms with Crippen molar-refractivity contribution in [1.82, 2.24) is 0 Å². The minimum atomic E-state index is 1.04. The van der Waals surface area contributed by atoms with Crippen molar-refractivity contribution in [2.45, 2.75) is 11.4 Å². The predicted molar refractivity (Wildman–Crippen MR) is 101 cm³/mol. The number of alkyl halides is 1. The van der Waals surface area contributed by atoms with E-state index in [1.165, 1.54) is 43.4 Å². The Morgan fingerprint density at radius 2 is 1.38 bits per heavy atom. The van der Waals surface area contributed by atoms with Gasteiger partial charge in [0.15, 0.2) is 0 Å². The summed E-state index contributed by atoms with van der Waals surface area (Å²) in [5, 5.41) is 8.28. The second-order valence-corrected chi connectivity index (χ2v) is 6.25. The SMILES string of the molecule is Cc1c2ccccc2c(CI)c2ccc3ccccc3c12. The molecule has 0 atom stereocenters. The zero-order chi connectivity index (χ0) is 14.4. The Bertz CT molecular complexity index is 983. The highest BCUT2D eigenvalue weighted by Gasteiger charge is 2.12. The molecule has 4 aromatic rings. The Hall–Kier alpha value is -1.61. The molecule has 102 valence electrons. The van der Waals surface area contributed by atoms with Gasteiger partial charge in [-0.3, -0.25) is 0 Å². The van der Waals surface area contributed by atoms with Crippen LogP contribution < -0.4 is 0 Å². The van der Waals surface area contributed by atoms with E-state index in [1.807, 2.05) is 0 Å². The Morgan fingerprint density at radius 3 is 2.14 bits per heavy atom. The van der Waals surface area contributed by atoms with Crippen LogP contribution in [0.1, 0.15) is 11.1 Å². The number of benzene rings is 4. The van der Waals surface area contributed by atoms with Gasteiger partial charge < -0.3 is 0 Å². The Morgan fingerprint density at radius 1 is 0.714 bits per heavy atom. The van der Waals surface area contributed by atoms with E-state index in [1.54, 1.807) is 0 Å². The fraction of sp³-hybridized carbons (Fsp3) is 0.100. The molecule has 0 nitrogen and oxygen atoms in total. The molecule has 4 rings (SSSR count). The number of fused-ring (bicyclic) bond motifs is 4. The van der Waals surface area contributed by atoms with E-state index < -0.39 is 0 Å². The average Bonchev–Trinajstić information content (AvgIpc) is 2.55. The largest absolute Gasteiger partial charge is 0.0811 e. The standard InChI is InChI=1S/C20H15I/c1-13-15-7-4-5-9-17(15)19(12-21)18-11-10-14-6-2-3-8-16(14)20(13)18/h2-11H,12H2,1H3. The second kappa shape index (κ2) is 4.99. The van der Waals surface area contributed by atoms with E-state index in [0.717, 1.165) is 4.43 Å². The molecule has 0 heterocycles. The predicted octanol–water partition coefficient (Wildman–Crippen LogP) is 6.39. The first kappa shape index (κ1) is 13.1. The van der Waals surface area contributed by atoms with Crippen LogP contribution in [-0.4, -0.2) is 0 Å². The van der Waals surface area contributed by atoms with Gasteiger partial charge in [-0.1, -0.05) is 83.3 Å². The summed E-state index contributed by atoms with van der Waals surface area (Å²) in [6, 6.07) is 22.0. The summed E-state index contributed by atoms with van der Waals surface area (Å²) >= 11 is 2.48. The highest BCUT2D eigenvalue weighted by Crippen LogP contribution is 2.37. The van der Waals surface area contributed by atoms with E-state index >= 15 is 0 Å². The summed E-state index contributed by atoms with van der Waals surface area (Å²) in [4.78, 5) is 0. The van der Waals surface area contributed by atoms with Gasteiger partial charge in [0.1, 0.15) is 0 Å². The Kier molecular flexibility index (Phi) is 3.11. The van der Waals surface area contributed by atoms with Crippen LogP contribution in [0.25, 0.3) is 32.3 Å². The lowest BCUT2D eigenvalue weighted by Gasteiger charge is -2.15. The van der Waals surface area contributed by atoms with Crippen molar-refractivity contribution < 1.29 is 0 Å². The molecule has 0 spiro atoms. The molecule has 21 heavy (non-hydrogen) atoms. The molecule has 0 radical (unpaired) electrons. The van der Waals surface area contributed by atoms with Gasteiger partial charge >= 0.3 is 0 Å². The third kappa shape index (κ3) is 1.87. The van der Waals surface area contributed by atoms with Crippen LogP contribution in [0, 0.1) is 6.92 Å². The summed E-state index contributed by atoms with van der Waals surface area (Å²) in [5.41, 5.74) is 2.85. The van der Waals surface area contributed by atoms with Crippen LogP contribution in [0.15, 0.2) is 60.7 Å². The fourth-order valence-electron chi connectivity index (χ4n) is 3.42.